The molecule has 78 valence electrons. The topological polar surface area (TPSA) is 75.7 Å². The van der Waals surface area contributed by atoms with Gasteiger partial charge in [-0.15, -0.1) is 0 Å². The lowest BCUT2D eigenvalue weighted by Crippen LogP contribution is -2.26. The van der Waals surface area contributed by atoms with Crippen molar-refractivity contribution in [3.8, 4) is 11.5 Å². The minimum Gasteiger partial charge on any atom is -0.508 e. The van der Waals surface area contributed by atoms with Crippen LogP contribution in [-0.4, -0.2) is 29.5 Å². The Morgan fingerprint density at radius 1 is 1.50 bits per heavy atom. The number of aromatic hydroxyl groups is 1. The van der Waals surface area contributed by atoms with Crippen LogP contribution in [0.4, 0.5) is 0 Å². The van der Waals surface area contributed by atoms with Crippen LogP contribution in [0.25, 0.3) is 0 Å². The summed E-state index contributed by atoms with van der Waals surface area (Å²) in [4.78, 5) is 0. The summed E-state index contributed by atoms with van der Waals surface area (Å²) < 4.78 is 5.30. The lowest BCUT2D eigenvalue weighted by atomic mass is 10.2. The summed E-state index contributed by atoms with van der Waals surface area (Å²) >= 11 is 0. The Labute approximate surface area is 82.9 Å². The quantitative estimate of drug-likeness (QED) is 0.653. The molecule has 0 aromatic heterocycles. The number of rotatable bonds is 4. The molecule has 0 bridgehead atoms. The lowest BCUT2D eigenvalue weighted by Gasteiger charge is -2.12. The van der Waals surface area contributed by atoms with E-state index >= 15 is 0 Å². The van der Waals surface area contributed by atoms with E-state index in [4.69, 9.17) is 20.7 Å². The molecular weight excluding hydrogens is 182 g/mol. The molecule has 0 amide bonds. The first-order valence-corrected chi connectivity index (χ1v) is 4.44. The third-order valence-corrected chi connectivity index (χ3v) is 1.86. The van der Waals surface area contributed by atoms with Gasteiger partial charge in [-0.1, -0.05) is 0 Å². The molecular formula is C10H15NO3. The largest absolute Gasteiger partial charge is 0.508 e. The van der Waals surface area contributed by atoms with E-state index in [2.05, 4.69) is 0 Å². The summed E-state index contributed by atoms with van der Waals surface area (Å²) in [5, 5.41) is 18.3. The number of phenols is 1. The maximum absolute atomic E-state index is 9.17. The molecule has 0 saturated carbocycles. The van der Waals surface area contributed by atoms with Crippen molar-refractivity contribution in [2.24, 2.45) is 5.73 Å². The van der Waals surface area contributed by atoms with Crippen molar-refractivity contribution >= 4 is 0 Å². The Bertz CT molecular complexity index is 301. The van der Waals surface area contributed by atoms with Crippen LogP contribution >= 0.6 is 0 Å². The van der Waals surface area contributed by atoms with Crippen molar-refractivity contribution in [1.29, 1.82) is 0 Å². The van der Waals surface area contributed by atoms with E-state index < -0.39 is 6.10 Å². The molecule has 0 saturated heterocycles. The number of nitrogens with two attached hydrogens (primary N) is 1. The van der Waals surface area contributed by atoms with Gasteiger partial charge in [-0.2, -0.15) is 0 Å². The number of aliphatic hydroxyl groups is 1. The second-order valence-corrected chi connectivity index (χ2v) is 3.15. The van der Waals surface area contributed by atoms with Gasteiger partial charge in [0, 0.05) is 6.54 Å². The zero-order valence-corrected chi connectivity index (χ0v) is 8.10. The normalized spacial score (nSPS) is 12.5. The van der Waals surface area contributed by atoms with Gasteiger partial charge >= 0.3 is 0 Å². The number of aryl methyl sites for hydroxylation is 1. The fourth-order valence-corrected chi connectivity index (χ4v) is 1.05. The lowest BCUT2D eigenvalue weighted by molar-refractivity contribution is 0.114. The van der Waals surface area contributed by atoms with Crippen LogP contribution in [0, 0.1) is 6.92 Å². The van der Waals surface area contributed by atoms with Gasteiger partial charge < -0.3 is 20.7 Å². The molecule has 1 aromatic carbocycles. The van der Waals surface area contributed by atoms with Gasteiger partial charge in [0.05, 0.1) is 0 Å². The van der Waals surface area contributed by atoms with E-state index in [-0.39, 0.29) is 18.9 Å². The summed E-state index contributed by atoms with van der Waals surface area (Å²) in [6.45, 7) is 2.17. The Hall–Kier alpha value is -1.26. The highest BCUT2D eigenvalue weighted by Gasteiger charge is 2.04. The predicted octanol–water partition coefficient (Wildman–Crippen LogP) is 0.399. The molecule has 1 unspecified atom stereocenters. The average Bonchev–Trinajstić information content (AvgIpc) is 2.16. The number of hydrogen-bond acceptors (Lipinski definition) is 4. The zero-order valence-electron chi connectivity index (χ0n) is 8.10. The third kappa shape index (κ3) is 2.90. The molecule has 0 aliphatic carbocycles. The minimum absolute atomic E-state index is 0.169. The zero-order chi connectivity index (χ0) is 10.6. The van der Waals surface area contributed by atoms with Gasteiger partial charge in [0.15, 0.2) is 0 Å². The summed E-state index contributed by atoms with van der Waals surface area (Å²) in [7, 11) is 0. The van der Waals surface area contributed by atoms with Gasteiger partial charge in [-0.3, -0.25) is 0 Å². The summed E-state index contributed by atoms with van der Waals surface area (Å²) in [6.07, 6.45) is -0.650. The van der Waals surface area contributed by atoms with Crippen LogP contribution in [0.3, 0.4) is 0 Å². The molecule has 0 fully saturated rings. The Balaban J connectivity index is 2.59. The van der Waals surface area contributed by atoms with Crippen LogP contribution in [-0.2, 0) is 0 Å². The molecule has 0 radical (unpaired) electrons. The number of benzene rings is 1. The van der Waals surface area contributed by atoms with Gasteiger partial charge in [0.2, 0.25) is 0 Å². The molecule has 0 aliphatic rings. The van der Waals surface area contributed by atoms with Crippen LogP contribution in [0.15, 0.2) is 18.2 Å². The number of aliphatic hydroxyl groups excluding tert-OH is 1. The summed E-state index contributed by atoms with van der Waals surface area (Å²) in [6, 6.07) is 4.80. The van der Waals surface area contributed by atoms with Crippen molar-refractivity contribution in [2.45, 2.75) is 13.0 Å². The van der Waals surface area contributed by atoms with Crippen molar-refractivity contribution in [2.75, 3.05) is 13.2 Å². The Kier molecular flexibility index (Phi) is 3.73. The van der Waals surface area contributed by atoms with Gasteiger partial charge in [-0.05, 0) is 30.7 Å². The maximum atomic E-state index is 9.17. The highest BCUT2D eigenvalue weighted by atomic mass is 16.5. The first kappa shape index (κ1) is 10.8. The van der Waals surface area contributed by atoms with Crippen molar-refractivity contribution in [3.63, 3.8) is 0 Å². The third-order valence-electron chi connectivity index (χ3n) is 1.86. The highest BCUT2D eigenvalue weighted by molar-refractivity contribution is 5.38. The highest BCUT2D eigenvalue weighted by Crippen LogP contribution is 2.22. The minimum atomic E-state index is -0.650. The van der Waals surface area contributed by atoms with E-state index in [1.807, 2.05) is 6.92 Å². The molecule has 4 N–H and O–H groups in total. The Morgan fingerprint density at radius 2 is 2.21 bits per heavy atom. The van der Waals surface area contributed by atoms with Gasteiger partial charge in [-0.25, -0.2) is 0 Å². The molecule has 14 heavy (non-hydrogen) atoms. The van der Waals surface area contributed by atoms with Crippen LogP contribution < -0.4 is 10.5 Å². The van der Waals surface area contributed by atoms with Gasteiger partial charge in [0.1, 0.15) is 24.2 Å². The monoisotopic (exact) mass is 197 g/mol. The predicted molar refractivity (Wildman–Crippen MR) is 53.4 cm³/mol. The molecule has 1 aromatic rings. The van der Waals surface area contributed by atoms with Crippen LogP contribution in [0.5, 0.6) is 11.5 Å². The van der Waals surface area contributed by atoms with E-state index in [1.54, 1.807) is 12.1 Å². The molecule has 4 nitrogen and oxygen atoms in total. The van der Waals surface area contributed by atoms with E-state index in [0.29, 0.717) is 5.75 Å². The van der Waals surface area contributed by atoms with E-state index in [0.717, 1.165) is 5.56 Å². The fraction of sp³-hybridized carbons (Fsp3) is 0.400. The fourth-order valence-electron chi connectivity index (χ4n) is 1.05. The number of ether oxygens (including phenoxy) is 1. The van der Waals surface area contributed by atoms with Gasteiger partial charge in [0.25, 0.3) is 0 Å². The van der Waals surface area contributed by atoms with Crippen molar-refractivity contribution in [3.05, 3.63) is 23.8 Å². The smallest absolute Gasteiger partial charge is 0.122 e. The molecule has 0 aliphatic heterocycles. The maximum Gasteiger partial charge on any atom is 0.122 e. The van der Waals surface area contributed by atoms with Crippen LogP contribution in [0.1, 0.15) is 5.56 Å². The van der Waals surface area contributed by atoms with Crippen molar-refractivity contribution in [1.82, 2.24) is 0 Å². The van der Waals surface area contributed by atoms with Crippen LogP contribution in [0.2, 0.25) is 0 Å². The number of phenolic OH excluding ortho intramolecular Hbond substituents is 1. The summed E-state index contributed by atoms with van der Waals surface area (Å²) in [5.74, 6) is 0.851. The molecule has 0 spiro atoms. The van der Waals surface area contributed by atoms with Crippen molar-refractivity contribution < 1.29 is 14.9 Å². The standard InChI is InChI=1S/C10H15NO3/c1-7-4-8(12)2-3-10(7)14-6-9(13)5-11/h2-4,9,12-13H,5-6,11H2,1H3. The molecule has 0 heterocycles. The van der Waals surface area contributed by atoms with E-state index in [9.17, 15) is 0 Å². The molecule has 1 atom stereocenters. The second kappa shape index (κ2) is 4.83. The average molecular weight is 197 g/mol. The number of hydrogen-bond donors (Lipinski definition) is 3. The Morgan fingerprint density at radius 3 is 2.79 bits per heavy atom. The second-order valence-electron chi connectivity index (χ2n) is 3.15. The summed E-state index contributed by atoms with van der Waals surface area (Å²) in [5.41, 5.74) is 6.06. The first-order valence-electron chi connectivity index (χ1n) is 4.44. The first-order chi connectivity index (χ1) is 6.63. The van der Waals surface area contributed by atoms with E-state index in [1.165, 1.54) is 6.07 Å². The molecule has 1 rings (SSSR count). The SMILES string of the molecule is Cc1cc(O)ccc1OCC(O)CN. The molecule has 4 heteroatoms.